The van der Waals surface area contributed by atoms with Crippen molar-refractivity contribution in [2.24, 2.45) is 0 Å². The van der Waals surface area contributed by atoms with Crippen molar-refractivity contribution in [3.05, 3.63) is 98.6 Å². The normalized spacial score (nSPS) is 11.1. The quantitative estimate of drug-likeness (QED) is 0.397. The second-order valence-corrected chi connectivity index (χ2v) is 9.29. The average Bonchev–Trinajstić information content (AvgIpc) is 2.75. The van der Waals surface area contributed by atoms with E-state index >= 15 is 0 Å². The summed E-state index contributed by atoms with van der Waals surface area (Å²) in [6, 6.07) is 16.8. The number of nitro groups is 1. The first-order valence-electron chi connectivity index (χ1n) is 9.44. The van der Waals surface area contributed by atoms with Crippen molar-refractivity contribution in [1.29, 1.82) is 0 Å². The number of nitro benzene ring substituents is 1. The SMILES string of the molecule is Cc1ccc(S(=O)(=O)Nc2ccc(C(=O)N(C)Cc3ccc(Cl)cc3)cc2)cc1[N+](=O)[O-]. The van der Waals surface area contributed by atoms with Crippen molar-refractivity contribution in [1.82, 2.24) is 4.90 Å². The topological polar surface area (TPSA) is 110 Å². The van der Waals surface area contributed by atoms with Gasteiger partial charge in [-0.2, -0.15) is 0 Å². The number of hydrogen-bond acceptors (Lipinski definition) is 5. The van der Waals surface area contributed by atoms with Crippen LogP contribution in [0.5, 0.6) is 0 Å². The molecule has 3 aromatic carbocycles. The number of amides is 1. The molecule has 0 bridgehead atoms. The summed E-state index contributed by atoms with van der Waals surface area (Å²) in [5, 5.41) is 11.7. The van der Waals surface area contributed by atoms with Crippen LogP contribution in [-0.2, 0) is 16.6 Å². The molecule has 0 aromatic heterocycles. The molecule has 1 N–H and O–H groups in total. The smallest absolute Gasteiger partial charge is 0.273 e. The maximum Gasteiger partial charge on any atom is 0.273 e. The molecule has 0 aliphatic rings. The summed E-state index contributed by atoms with van der Waals surface area (Å²) in [4.78, 5) is 24.4. The number of rotatable bonds is 7. The lowest BCUT2D eigenvalue weighted by Crippen LogP contribution is -2.26. The van der Waals surface area contributed by atoms with Gasteiger partial charge in [0, 0.05) is 41.5 Å². The first kappa shape index (κ1) is 23.2. The summed E-state index contributed by atoms with van der Waals surface area (Å²) >= 11 is 5.88. The van der Waals surface area contributed by atoms with E-state index in [4.69, 9.17) is 11.6 Å². The molecule has 8 nitrogen and oxygen atoms in total. The van der Waals surface area contributed by atoms with E-state index in [1.54, 1.807) is 19.2 Å². The van der Waals surface area contributed by atoms with Crippen LogP contribution in [-0.4, -0.2) is 31.2 Å². The Bertz CT molecular complexity index is 1260. The molecule has 0 fully saturated rings. The minimum absolute atomic E-state index is 0.224. The number of halogens is 1. The second kappa shape index (κ2) is 9.37. The fourth-order valence-electron chi connectivity index (χ4n) is 3.00. The summed E-state index contributed by atoms with van der Waals surface area (Å²) in [6.45, 7) is 1.91. The third-order valence-electron chi connectivity index (χ3n) is 4.75. The molecule has 10 heteroatoms. The molecular formula is C22H20ClN3O5S. The molecule has 166 valence electrons. The first-order chi connectivity index (χ1) is 15.1. The molecule has 0 radical (unpaired) electrons. The maximum atomic E-state index is 12.7. The molecule has 0 aliphatic carbocycles. The Morgan fingerprint density at radius 1 is 1.06 bits per heavy atom. The van der Waals surface area contributed by atoms with Crippen LogP contribution >= 0.6 is 11.6 Å². The van der Waals surface area contributed by atoms with Gasteiger partial charge in [0.15, 0.2) is 0 Å². The highest BCUT2D eigenvalue weighted by molar-refractivity contribution is 7.92. The van der Waals surface area contributed by atoms with Crippen molar-refractivity contribution in [2.75, 3.05) is 11.8 Å². The summed E-state index contributed by atoms with van der Waals surface area (Å²) < 4.78 is 27.6. The van der Waals surface area contributed by atoms with E-state index in [1.165, 1.54) is 48.2 Å². The zero-order valence-electron chi connectivity index (χ0n) is 17.3. The number of anilines is 1. The van der Waals surface area contributed by atoms with Gasteiger partial charge in [0.05, 0.1) is 9.82 Å². The zero-order chi connectivity index (χ0) is 23.5. The Morgan fingerprint density at radius 3 is 2.28 bits per heavy atom. The average molecular weight is 474 g/mol. The summed E-state index contributed by atoms with van der Waals surface area (Å²) in [5.74, 6) is -0.233. The fraction of sp³-hybridized carbons (Fsp3) is 0.136. The molecule has 0 heterocycles. The lowest BCUT2D eigenvalue weighted by atomic mass is 10.1. The standard InChI is InChI=1S/C22H20ClN3O5S/c1-15-3-12-20(13-21(15)26(28)29)32(30,31)24-19-10-6-17(7-11-19)22(27)25(2)14-16-4-8-18(23)9-5-16/h3-13,24H,14H2,1-2H3. The fourth-order valence-corrected chi connectivity index (χ4v) is 4.21. The number of nitrogens with one attached hydrogen (secondary N) is 1. The summed E-state index contributed by atoms with van der Waals surface area (Å²) in [5.41, 5.74) is 1.61. The van der Waals surface area contributed by atoms with Crippen molar-refractivity contribution in [2.45, 2.75) is 18.4 Å². The van der Waals surface area contributed by atoms with Crippen LogP contribution in [0.1, 0.15) is 21.5 Å². The van der Waals surface area contributed by atoms with Gasteiger partial charge in [0.1, 0.15) is 0 Å². The second-order valence-electron chi connectivity index (χ2n) is 7.18. The zero-order valence-corrected chi connectivity index (χ0v) is 18.9. The summed E-state index contributed by atoms with van der Waals surface area (Å²) in [6.07, 6.45) is 0. The van der Waals surface area contributed by atoms with Crippen LogP contribution < -0.4 is 4.72 Å². The van der Waals surface area contributed by atoms with E-state index in [1.807, 2.05) is 12.1 Å². The number of nitrogens with zero attached hydrogens (tertiary/aromatic N) is 2. The summed E-state index contributed by atoms with van der Waals surface area (Å²) in [7, 11) is -2.38. The molecule has 0 saturated carbocycles. The minimum atomic E-state index is -4.04. The molecule has 3 rings (SSSR count). The van der Waals surface area contributed by atoms with Crippen LogP contribution in [0.3, 0.4) is 0 Å². The Hall–Kier alpha value is -3.43. The van der Waals surface area contributed by atoms with Gasteiger partial charge >= 0.3 is 0 Å². The van der Waals surface area contributed by atoms with Crippen LogP contribution in [0.25, 0.3) is 0 Å². The number of carbonyl (C=O) groups is 1. The first-order valence-corrected chi connectivity index (χ1v) is 11.3. The highest BCUT2D eigenvalue weighted by Crippen LogP contribution is 2.24. The predicted molar refractivity (Wildman–Crippen MR) is 122 cm³/mol. The highest BCUT2D eigenvalue weighted by Gasteiger charge is 2.20. The van der Waals surface area contributed by atoms with E-state index in [2.05, 4.69) is 4.72 Å². The molecule has 1 amide bonds. The molecule has 32 heavy (non-hydrogen) atoms. The van der Waals surface area contributed by atoms with Gasteiger partial charge < -0.3 is 4.90 Å². The van der Waals surface area contributed by atoms with Crippen LogP contribution in [0, 0.1) is 17.0 Å². The third kappa shape index (κ3) is 5.43. The van der Waals surface area contributed by atoms with Gasteiger partial charge in [-0.15, -0.1) is 0 Å². The molecule has 0 unspecified atom stereocenters. The van der Waals surface area contributed by atoms with Gasteiger partial charge in [-0.05, 0) is 55.0 Å². The molecule has 0 atom stereocenters. The number of carbonyl (C=O) groups excluding carboxylic acids is 1. The molecule has 0 aliphatic heterocycles. The van der Waals surface area contributed by atoms with Gasteiger partial charge in [-0.3, -0.25) is 19.6 Å². The maximum absolute atomic E-state index is 12.7. The van der Waals surface area contributed by atoms with E-state index in [0.29, 0.717) is 22.7 Å². The Kier molecular flexibility index (Phi) is 6.81. The Labute approximate surface area is 190 Å². The minimum Gasteiger partial charge on any atom is -0.337 e. The van der Waals surface area contributed by atoms with E-state index in [-0.39, 0.29) is 22.2 Å². The largest absolute Gasteiger partial charge is 0.337 e. The molecule has 0 saturated heterocycles. The lowest BCUT2D eigenvalue weighted by molar-refractivity contribution is -0.385. The lowest BCUT2D eigenvalue weighted by Gasteiger charge is -2.18. The van der Waals surface area contributed by atoms with Crippen LogP contribution in [0.15, 0.2) is 71.6 Å². The van der Waals surface area contributed by atoms with Gasteiger partial charge in [-0.25, -0.2) is 8.42 Å². The van der Waals surface area contributed by atoms with E-state index in [0.717, 1.165) is 11.6 Å². The van der Waals surface area contributed by atoms with Crippen molar-refractivity contribution < 1.29 is 18.1 Å². The molecular weight excluding hydrogens is 454 g/mol. The Morgan fingerprint density at radius 2 is 1.69 bits per heavy atom. The van der Waals surface area contributed by atoms with Crippen molar-refractivity contribution in [3.8, 4) is 0 Å². The Balaban J connectivity index is 1.72. The molecule has 0 spiro atoms. The van der Waals surface area contributed by atoms with Gasteiger partial charge in [-0.1, -0.05) is 29.8 Å². The van der Waals surface area contributed by atoms with Crippen molar-refractivity contribution in [3.63, 3.8) is 0 Å². The van der Waals surface area contributed by atoms with Crippen molar-refractivity contribution >= 4 is 38.9 Å². The third-order valence-corrected chi connectivity index (χ3v) is 6.38. The number of hydrogen-bond donors (Lipinski definition) is 1. The molecule has 3 aromatic rings. The van der Waals surface area contributed by atoms with E-state index < -0.39 is 14.9 Å². The monoisotopic (exact) mass is 473 g/mol. The van der Waals surface area contributed by atoms with E-state index in [9.17, 15) is 23.3 Å². The highest BCUT2D eigenvalue weighted by atomic mass is 35.5. The van der Waals surface area contributed by atoms with Gasteiger partial charge in [0.2, 0.25) is 0 Å². The number of sulfonamides is 1. The number of aryl methyl sites for hydroxylation is 1. The van der Waals surface area contributed by atoms with Crippen LogP contribution in [0.2, 0.25) is 5.02 Å². The number of benzene rings is 3. The van der Waals surface area contributed by atoms with Gasteiger partial charge in [0.25, 0.3) is 21.6 Å². The predicted octanol–water partition coefficient (Wildman–Crippen LogP) is 4.63. The van der Waals surface area contributed by atoms with Crippen LogP contribution in [0.4, 0.5) is 11.4 Å².